The summed E-state index contributed by atoms with van der Waals surface area (Å²) in [5.74, 6) is -1.02. The van der Waals surface area contributed by atoms with Gasteiger partial charge in [0.1, 0.15) is 24.6 Å². The quantitative estimate of drug-likeness (QED) is 0.258. The highest BCUT2D eigenvalue weighted by atomic mass is 32.1. The Morgan fingerprint density at radius 1 is 1.19 bits per heavy atom. The summed E-state index contributed by atoms with van der Waals surface area (Å²) < 4.78 is 10.5. The number of amides is 3. The summed E-state index contributed by atoms with van der Waals surface area (Å²) in [7, 11) is 1.35. The molecule has 0 unspecified atom stereocenters. The number of thiazole rings is 1. The SMILES string of the molecule is COC(=O)CCCCCC(=O)N[C@H](C(=O)N1C[C@H](O)C[C@H]1NC(=O)[C@H](C)c1ccc2c(c1)OCc1ncsc1-2)C(C)(C)C. The van der Waals surface area contributed by atoms with Gasteiger partial charge in [-0.05, 0) is 42.9 Å². The monoisotopic (exact) mass is 614 g/mol. The van der Waals surface area contributed by atoms with Crippen LogP contribution in [0.25, 0.3) is 10.4 Å². The number of carbonyl (C=O) groups is 4. The number of rotatable bonds is 11. The molecule has 1 fully saturated rings. The zero-order valence-electron chi connectivity index (χ0n) is 25.5. The largest absolute Gasteiger partial charge is 0.487 e. The molecule has 1 aromatic carbocycles. The molecular weight excluding hydrogens is 572 g/mol. The number of ether oxygens (including phenoxy) is 2. The molecule has 4 rings (SSSR count). The average Bonchev–Trinajstić information content (AvgIpc) is 3.60. The highest BCUT2D eigenvalue weighted by molar-refractivity contribution is 7.13. The molecule has 234 valence electrons. The number of aliphatic hydroxyl groups excluding tert-OH is 1. The third-order valence-electron chi connectivity index (χ3n) is 7.95. The molecule has 3 heterocycles. The van der Waals surface area contributed by atoms with Crippen molar-refractivity contribution in [1.82, 2.24) is 20.5 Å². The number of aromatic nitrogens is 1. The second-order valence-electron chi connectivity index (χ2n) is 12.3. The molecule has 43 heavy (non-hydrogen) atoms. The molecule has 1 aromatic heterocycles. The van der Waals surface area contributed by atoms with Crippen molar-refractivity contribution in [2.24, 2.45) is 5.41 Å². The first-order valence-corrected chi connectivity index (χ1v) is 15.6. The molecule has 2 aliphatic heterocycles. The molecule has 0 saturated carbocycles. The summed E-state index contributed by atoms with van der Waals surface area (Å²) in [6.45, 7) is 7.82. The van der Waals surface area contributed by atoms with Gasteiger partial charge in [0, 0.05) is 31.4 Å². The van der Waals surface area contributed by atoms with E-state index in [1.165, 1.54) is 12.0 Å². The summed E-state index contributed by atoms with van der Waals surface area (Å²) in [4.78, 5) is 58.1. The Kier molecular flexibility index (Phi) is 10.4. The number of carbonyl (C=O) groups excluding carboxylic acids is 4. The van der Waals surface area contributed by atoms with Crippen molar-refractivity contribution in [1.29, 1.82) is 0 Å². The summed E-state index contributed by atoms with van der Waals surface area (Å²) >= 11 is 1.55. The van der Waals surface area contributed by atoms with Gasteiger partial charge in [-0.3, -0.25) is 19.2 Å². The van der Waals surface area contributed by atoms with Gasteiger partial charge in [0.25, 0.3) is 0 Å². The van der Waals surface area contributed by atoms with Gasteiger partial charge in [0.05, 0.1) is 35.2 Å². The topological polar surface area (TPSA) is 147 Å². The van der Waals surface area contributed by atoms with E-state index in [9.17, 15) is 24.3 Å². The van der Waals surface area contributed by atoms with E-state index in [0.717, 1.165) is 21.7 Å². The lowest BCUT2D eigenvalue weighted by Crippen LogP contribution is -2.58. The third kappa shape index (κ3) is 7.91. The number of unbranched alkanes of at least 4 members (excludes halogenated alkanes) is 2. The van der Waals surface area contributed by atoms with Crippen molar-refractivity contribution in [3.63, 3.8) is 0 Å². The van der Waals surface area contributed by atoms with Gasteiger partial charge in [0.15, 0.2) is 0 Å². The number of hydrogen-bond donors (Lipinski definition) is 3. The van der Waals surface area contributed by atoms with E-state index in [0.29, 0.717) is 38.0 Å². The number of likely N-dealkylation sites (tertiary alicyclic amines) is 1. The number of benzene rings is 1. The maximum atomic E-state index is 13.8. The van der Waals surface area contributed by atoms with Crippen molar-refractivity contribution in [3.05, 3.63) is 35.0 Å². The number of methoxy groups -OCH3 is 1. The standard InChI is InChI=1S/C31H42N4O7S/c1-18(19-11-12-21-23(13-19)42-16-22-27(21)43-17-32-22)29(39)33-24-14-20(36)15-35(24)30(40)28(31(2,3)4)34-25(37)9-7-6-8-10-26(38)41-5/h11-13,17-18,20,24,28,36H,6-10,14-16H2,1-5H3,(H,33,39)(H,34,37)/t18-,20-,24+,28-/m1/s1. The Morgan fingerprint density at radius 3 is 2.65 bits per heavy atom. The fourth-order valence-corrected chi connectivity index (χ4v) is 6.20. The molecule has 0 bridgehead atoms. The molecule has 2 aromatic rings. The van der Waals surface area contributed by atoms with Crippen LogP contribution in [0, 0.1) is 5.41 Å². The number of nitrogens with zero attached hydrogens (tertiary/aromatic N) is 2. The maximum Gasteiger partial charge on any atom is 0.305 e. The molecule has 1 saturated heterocycles. The minimum atomic E-state index is -0.855. The average molecular weight is 615 g/mol. The van der Waals surface area contributed by atoms with Crippen molar-refractivity contribution in [3.8, 4) is 16.2 Å². The lowest BCUT2D eigenvalue weighted by Gasteiger charge is -2.36. The van der Waals surface area contributed by atoms with Gasteiger partial charge >= 0.3 is 5.97 Å². The zero-order chi connectivity index (χ0) is 31.3. The van der Waals surface area contributed by atoms with Gasteiger partial charge in [-0.1, -0.05) is 33.3 Å². The normalized spacial score (nSPS) is 19.0. The van der Waals surface area contributed by atoms with Crippen LogP contribution in [-0.2, 0) is 30.5 Å². The molecule has 0 spiro atoms. The Bertz CT molecular complexity index is 1340. The van der Waals surface area contributed by atoms with Crippen molar-refractivity contribution in [2.45, 2.75) is 97.1 Å². The van der Waals surface area contributed by atoms with Crippen molar-refractivity contribution in [2.75, 3.05) is 13.7 Å². The molecular formula is C31H42N4O7S. The molecule has 3 N–H and O–H groups in total. The molecule has 2 aliphatic rings. The summed E-state index contributed by atoms with van der Waals surface area (Å²) in [5.41, 5.74) is 3.80. The van der Waals surface area contributed by atoms with Crippen LogP contribution in [-0.4, -0.2) is 70.6 Å². The number of esters is 1. The van der Waals surface area contributed by atoms with Crippen LogP contribution in [0.2, 0.25) is 0 Å². The fraction of sp³-hybridized carbons (Fsp3) is 0.581. The summed E-state index contributed by atoms with van der Waals surface area (Å²) in [5, 5.41) is 16.3. The molecule has 0 radical (unpaired) electrons. The van der Waals surface area contributed by atoms with Crippen LogP contribution in [0.15, 0.2) is 23.7 Å². The van der Waals surface area contributed by atoms with Gasteiger partial charge in [-0.25, -0.2) is 4.98 Å². The van der Waals surface area contributed by atoms with E-state index in [1.54, 1.807) is 23.8 Å². The minimum Gasteiger partial charge on any atom is -0.487 e. The summed E-state index contributed by atoms with van der Waals surface area (Å²) in [6, 6.07) is 4.85. The molecule has 12 heteroatoms. The maximum absolute atomic E-state index is 13.8. The number of hydrogen-bond acceptors (Lipinski definition) is 9. The highest BCUT2D eigenvalue weighted by Gasteiger charge is 2.42. The third-order valence-corrected chi connectivity index (χ3v) is 8.85. The number of β-amino-alcohol motifs (C(OH)–C–C–N with tert-alkyl or cyclic N) is 1. The van der Waals surface area contributed by atoms with Gasteiger partial charge in [0.2, 0.25) is 17.7 Å². The van der Waals surface area contributed by atoms with Gasteiger partial charge in [-0.15, -0.1) is 11.3 Å². The minimum absolute atomic E-state index is 0.0536. The van der Waals surface area contributed by atoms with E-state index >= 15 is 0 Å². The van der Waals surface area contributed by atoms with Gasteiger partial charge < -0.3 is 30.1 Å². The van der Waals surface area contributed by atoms with Crippen LogP contribution in [0.1, 0.15) is 83.4 Å². The zero-order valence-corrected chi connectivity index (χ0v) is 26.3. The predicted octanol–water partition coefficient (Wildman–Crippen LogP) is 3.50. The smallest absolute Gasteiger partial charge is 0.305 e. The number of fused-ring (bicyclic) bond motifs is 3. The van der Waals surface area contributed by atoms with Crippen LogP contribution in [0.5, 0.6) is 5.75 Å². The fourth-order valence-electron chi connectivity index (χ4n) is 5.37. The molecule has 0 aliphatic carbocycles. The lowest BCUT2D eigenvalue weighted by molar-refractivity contribution is -0.142. The highest BCUT2D eigenvalue weighted by Crippen LogP contribution is 2.41. The second-order valence-corrected chi connectivity index (χ2v) is 13.2. The first-order valence-electron chi connectivity index (χ1n) is 14.7. The van der Waals surface area contributed by atoms with E-state index < -0.39 is 29.6 Å². The molecule has 11 nitrogen and oxygen atoms in total. The Balaban J connectivity index is 1.38. The van der Waals surface area contributed by atoms with E-state index in [2.05, 4.69) is 20.4 Å². The van der Waals surface area contributed by atoms with Crippen molar-refractivity contribution < 1.29 is 33.8 Å². The molecule has 3 amide bonds. The van der Waals surface area contributed by atoms with Crippen LogP contribution >= 0.6 is 11.3 Å². The van der Waals surface area contributed by atoms with E-state index in [1.807, 2.05) is 39.0 Å². The summed E-state index contributed by atoms with van der Waals surface area (Å²) in [6.07, 6.45) is 1.08. The van der Waals surface area contributed by atoms with E-state index in [-0.39, 0.29) is 43.1 Å². The second kappa shape index (κ2) is 13.9. The van der Waals surface area contributed by atoms with E-state index in [4.69, 9.17) is 4.74 Å². The Morgan fingerprint density at radius 2 is 1.93 bits per heavy atom. The number of aliphatic hydroxyl groups is 1. The number of nitrogens with one attached hydrogen (secondary N) is 2. The first kappa shape index (κ1) is 32.4. The lowest BCUT2D eigenvalue weighted by atomic mass is 9.85. The predicted molar refractivity (Wildman–Crippen MR) is 161 cm³/mol. The molecule has 4 atom stereocenters. The Labute approximate surface area is 256 Å². The first-order chi connectivity index (χ1) is 20.4. The van der Waals surface area contributed by atoms with Crippen LogP contribution in [0.4, 0.5) is 0 Å². The Hall–Kier alpha value is -3.51. The van der Waals surface area contributed by atoms with Crippen LogP contribution < -0.4 is 15.4 Å². The van der Waals surface area contributed by atoms with Crippen LogP contribution in [0.3, 0.4) is 0 Å². The van der Waals surface area contributed by atoms with Gasteiger partial charge in [-0.2, -0.15) is 0 Å². The van der Waals surface area contributed by atoms with Crippen molar-refractivity contribution >= 4 is 35.0 Å².